The van der Waals surface area contributed by atoms with Crippen LogP contribution in [0.15, 0.2) is 0 Å². The minimum Gasteiger partial charge on any atom is -0.449 e. The molecule has 1 spiro atoms. The summed E-state index contributed by atoms with van der Waals surface area (Å²) in [6, 6.07) is 0.0313. The number of ether oxygens (including phenoxy) is 1. The van der Waals surface area contributed by atoms with Crippen LogP contribution in [0.4, 0.5) is 4.79 Å². The van der Waals surface area contributed by atoms with Crippen molar-refractivity contribution in [2.24, 2.45) is 22.7 Å². The molecular formula is C18H31NO4. The van der Waals surface area contributed by atoms with Crippen LogP contribution in [0.5, 0.6) is 0 Å². The number of nitrogens with zero attached hydrogens (tertiary/aromatic N) is 1. The van der Waals surface area contributed by atoms with E-state index in [2.05, 4.69) is 13.8 Å². The topological polar surface area (TPSA) is 70.0 Å². The van der Waals surface area contributed by atoms with E-state index >= 15 is 0 Å². The largest absolute Gasteiger partial charge is 0.449 e. The van der Waals surface area contributed by atoms with Gasteiger partial charge in [-0.25, -0.2) is 4.79 Å². The van der Waals surface area contributed by atoms with Crippen LogP contribution in [0.2, 0.25) is 0 Å². The minimum atomic E-state index is -0.985. The van der Waals surface area contributed by atoms with Gasteiger partial charge in [-0.3, -0.25) is 4.90 Å². The molecule has 6 atom stereocenters. The second kappa shape index (κ2) is 5.62. The number of cyclic esters (lactones) is 1. The van der Waals surface area contributed by atoms with Crippen LogP contribution >= 0.6 is 0 Å². The molecule has 0 radical (unpaired) electrons. The number of rotatable bonds is 5. The first-order valence-electron chi connectivity index (χ1n) is 9.07. The maximum atomic E-state index is 12.4. The Hall–Kier alpha value is -0.810. The van der Waals surface area contributed by atoms with Gasteiger partial charge < -0.3 is 14.9 Å². The van der Waals surface area contributed by atoms with Crippen molar-refractivity contribution in [3.63, 3.8) is 0 Å². The maximum absolute atomic E-state index is 12.4. The lowest BCUT2D eigenvalue weighted by atomic mass is 9.67. The van der Waals surface area contributed by atoms with E-state index in [0.717, 1.165) is 19.3 Å². The summed E-state index contributed by atoms with van der Waals surface area (Å²) >= 11 is 0. The molecule has 3 aliphatic rings. The van der Waals surface area contributed by atoms with Crippen molar-refractivity contribution in [3.05, 3.63) is 0 Å². The van der Waals surface area contributed by atoms with E-state index in [-0.39, 0.29) is 22.8 Å². The molecule has 5 nitrogen and oxygen atoms in total. The Morgan fingerprint density at radius 2 is 2.09 bits per heavy atom. The van der Waals surface area contributed by atoms with Crippen molar-refractivity contribution in [1.82, 2.24) is 4.90 Å². The number of hydrogen-bond donors (Lipinski definition) is 2. The summed E-state index contributed by atoms with van der Waals surface area (Å²) in [5.74, 6) is 0.201. The smallest absolute Gasteiger partial charge is 0.412 e. The third-order valence-corrected chi connectivity index (χ3v) is 7.33. The van der Waals surface area contributed by atoms with Gasteiger partial charge in [-0.1, -0.05) is 34.1 Å². The number of fused-ring (bicyclic) bond motifs is 1. The second-order valence-electron chi connectivity index (χ2n) is 8.46. The van der Waals surface area contributed by atoms with Crippen molar-refractivity contribution in [3.8, 4) is 0 Å². The molecule has 23 heavy (non-hydrogen) atoms. The fourth-order valence-corrected chi connectivity index (χ4v) is 5.45. The molecule has 1 unspecified atom stereocenters. The lowest BCUT2D eigenvalue weighted by Crippen LogP contribution is -2.63. The van der Waals surface area contributed by atoms with E-state index in [0.29, 0.717) is 18.9 Å². The van der Waals surface area contributed by atoms with Gasteiger partial charge >= 0.3 is 6.09 Å². The van der Waals surface area contributed by atoms with Crippen LogP contribution in [0.25, 0.3) is 0 Å². The van der Waals surface area contributed by atoms with Gasteiger partial charge in [0.1, 0.15) is 12.8 Å². The zero-order valence-electron chi connectivity index (χ0n) is 14.8. The van der Waals surface area contributed by atoms with E-state index in [1.54, 1.807) is 4.90 Å². The number of carbonyl (C=O) groups is 1. The molecule has 2 aliphatic carbocycles. The van der Waals surface area contributed by atoms with Gasteiger partial charge in [-0.15, -0.1) is 0 Å². The second-order valence-corrected chi connectivity index (χ2v) is 8.46. The molecule has 3 rings (SSSR count). The average Bonchev–Trinajstić information content (AvgIpc) is 2.88. The molecule has 0 aromatic rings. The zero-order chi connectivity index (χ0) is 17.0. The van der Waals surface area contributed by atoms with Crippen LogP contribution in [0.3, 0.4) is 0 Å². The molecule has 2 saturated carbocycles. The highest BCUT2D eigenvalue weighted by Gasteiger charge is 2.69. The van der Waals surface area contributed by atoms with E-state index < -0.39 is 18.4 Å². The Morgan fingerprint density at radius 3 is 2.70 bits per heavy atom. The molecule has 5 heteroatoms. The number of aliphatic hydroxyl groups excluding tert-OH is 2. The fraction of sp³-hybridized carbons (Fsp3) is 0.944. The Bertz CT molecular complexity index is 480. The number of aliphatic hydroxyl groups is 2. The summed E-state index contributed by atoms with van der Waals surface area (Å²) in [6.07, 6.45) is 2.64. The van der Waals surface area contributed by atoms with Crippen LogP contribution in [0, 0.1) is 22.7 Å². The lowest BCUT2D eigenvalue weighted by molar-refractivity contribution is -0.146. The lowest BCUT2D eigenvalue weighted by Gasteiger charge is -2.51. The predicted molar refractivity (Wildman–Crippen MR) is 86.6 cm³/mol. The van der Waals surface area contributed by atoms with Gasteiger partial charge in [0.25, 0.3) is 0 Å². The quantitative estimate of drug-likeness (QED) is 0.815. The fourth-order valence-electron chi connectivity index (χ4n) is 5.45. The predicted octanol–water partition coefficient (Wildman–Crippen LogP) is 2.75. The average molecular weight is 325 g/mol. The number of carbonyl (C=O) groups excluding carboxylic acids is 1. The Balaban J connectivity index is 1.86. The first-order valence-corrected chi connectivity index (χ1v) is 9.07. The highest BCUT2D eigenvalue weighted by atomic mass is 16.6. The van der Waals surface area contributed by atoms with Crippen molar-refractivity contribution in [2.45, 2.75) is 78.2 Å². The number of hydrogen-bond acceptors (Lipinski definition) is 4. The molecule has 3 fully saturated rings. The van der Waals surface area contributed by atoms with E-state index in [4.69, 9.17) is 4.74 Å². The van der Waals surface area contributed by atoms with Gasteiger partial charge in [0, 0.05) is 17.4 Å². The molecule has 132 valence electrons. The monoisotopic (exact) mass is 325 g/mol. The normalized spacial score (nSPS) is 38.9. The van der Waals surface area contributed by atoms with Crippen molar-refractivity contribution < 1.29 is 19.7 Å². The molecular weight excluding hydrogens is 294 g/mol. The van der Waals surface area contributed by atoms with Crippen LogP contribution in [0.1, 0.15) is 59.8 Å². The summed E-state index contributed by atoms with van der Waals surface area (Å²) in [5, 5.41) is 21.1. The van der Waals surface area contributed by atoms with Gasteiger partial charge in [-0.05, 0) is 37.0 Å². The van der Waals surface area contributed by atoms with E-state index in [1.165, 1.54) is 6.42 Å². The van der Waals surface area contributed by atoms with E-state index in [1.807, 2.05) is 13.8 Å². The van der Waals surface area contributed by atoms with Crippen LogP contribution in [-0.2, 0) is 4.74 Å². The van der Waals surface area contributed by atoms with Crippen LogP contribution in [-0.4, -0.2) is 46.2 Å². The zero-order valence-corrected chi connectivity index (χ0v) is 14.8. The molecule has 1 amide bonds. The molecule has 1 aliphatic heterocycles. The van der Waals surface area contributed by atoms with Crippen molar-refractivity contribution >= 4 is 6.09 Å². The first kappa shape index (κ1) is 17.0. The van der Waals surface area contributed by atoms with Crippen molar-refractivity contribution in [1.29, 1.82) is 0 Å². The standard InChI is InChI=1S/C18H31NO4/c1-5-6-13(20)11(2)15(21)19-14-9-12-7-8-18(14,17(12,3)4)10-23-16(19)22/h11-15,20-21H,5-10H2,1-4H3/t11-,12+,13-,14+,15?,18+/m0/s1. The number of amides is 1. The van der Waals surface area contributed by atoms with Crippen LogP contribution < -0.4 is 0 Å². The van der Waals surface area contributed by atoms with Gasteiger partial charge in [0.2, 0.25) is 0 Å². The summed E-state index contributed by atoms with van der Waals surface area (Å²) < 4.78 is 5.52. The van der Waals surface area contributed by atoms with Crippen molar-refractivity contribution in [2.75, 3.05) is 6.61 Å². The Kier molecular flexibility index (Phi) is 4.16. The Labute approximate surface area is 139 Å². The summed E-state index contributed by atoms with van der Waals surface area (Å²) in [5.41, 5.74) is 0.0730. The molecule has 0 aromatic carbocycles. The summed E-state index contributed by atoms with van der Waals surface area (Å²) in [7, 11) is 0. The molecule has 2 N–H and O–H groups in total. The van der Waals surface area contributed by atoms with E-state index in [9.17, 15) is 15.0 Å². The third kappa shape index (κ3) is 2.23. The minimum absolute atomic E-state index is 0.0313. The van der Waals surface area contributed by atoms with Gasteiger partial charge in [0.05, 0.1) is 6.10 Å². The highest BCUT2D eigenvalue weighted by molar-refractivity contribution is 5.70. The van der Waals surface area contributed by atoms with Gasteiger partial charge in [-0.2, -0.15) is 0 Å². The molecule has 1 heterocycles. The maximum Gasteiger partial charge on any atom is 0.412 e. The Morgan fingerprint density at radius 1 is 1.39 bits per heavy atom. The molecule has 0 aromatic heterocycles. The summed E-state index contributed by atoms with van der Waals surface area (Å²) in [4.78, 5) is 14.0. The highest BCUT2D eigenvalue weighted by Crippen LogP contribution is 2.68. The first-order chi connectivity index (χ1) is 10.8. The summed E-state index contributed by atoms with van der Waals surface area (Å²) in [6.45, 7) is 8.85. The SMILES string of the molecule is CCC[C@H](O)[C@H](C)C(O)N1C(=O)OC[C@]23CC[C@H](C[C@@H]12)C3(C)C. The third-order valence-electron chi connectivity index (χ3n) is 7.33. The molecule has 1 saturated heterocycles. The van der Waals surface area contributed by atoms with Gasteiger partial charge in [0.15, 0.2) is 0 Å². The molecule has 2 bridgehead atoms.